The smallest absolute Gasteiger partial charge is 0.257 e. The number of hydrogen-bond acceptors (Lipinski definition) is 2. The lowest BCUT2D eigenvalue weighted by molar-refractivity contribution is 0.0730. The molecule has 1 saturated heterocycles. The van der Waals surface area contributed by atoms with E-state index in [2.05, 4.69) is 10.2 Å². The molecule has 4 nitrogen and oxygen atoms in total. The van der Waals surface area contributed by atoms with Crippen molar-refractivity contribution < 1.29 is 4.79 Å². The third-order valence-corrected chi connectivity index (χ3v) is 3.32. The third-order valence-electron chi connectivity index (χ3n) is 3.05. The maximum Gasteiger partial charge on any atom is 0.257 e. The molecule has 0 aromatic carbocycles. The summed E-state index contributed by atoms with van der Waals surface area (Å²) in [6.45, 7) is 0.858. The second-order valence-corrected chi connectivity index (χ2v) is 4.49. The molecule has 0 aliphatic carbocycles. The van der Waals surface area contributed by atoms with Crippen LogP contribution in [0.5, 0.6) is 0 Å². The summed E-state index contributed by atoms with van der Waals surface area (Å²) in [5.74, 6) is 0.760. The van der Waals surface area contributed by atoms with Gasteiger partial charge in [0.05, 0.1) is 11.8 Å². The van der Waals surface area contributed by atoms with Gasteiger partial charge in [-0.1, -0.05) is 0 Å². The minimum Gasteiger partial charge on any atom is -0.336 e. The maximum atomic E-state index is 12.1. The Morgan fingerprint density at radius 2 is 2.56 bits per heavy atom. The molecule has 0 spiro atoms. The molecular formula is C11H16ClN3O. The van der Waals surface area contributed by atoms with E-state index in [0.29, 0.717) is 17.5 Å². The van der Waals surface area contributed by atoms with Crippen LogP contribution < -0.4 is 0 Å². The largest absolute Gasteiger partial charge is 0.336 e. The predicted octanol–water partition coefficient (Wildman–Crippen LogP) is 2.03. The van der Waals surface area contributed by atoms with Crippen molar-refractivity contribution in [1.82, 2.24) is 15.1 Å². The maximum absolute atomic E-state index is 12.1. The van der Waals surface area contributed by atoms with Crippen LogP contribution in [0.4, 0.5) is 0 Å². The van der Waals surface area contributed by atoms with Crippen molar-refractivity contribution in [3.8, 4) is 0 Å². The molecule has 1 aromatic rings. The second-order valence-electron chi connectivity index (χ2n) is 4.11. The van der Waals surface area contributed by atoms with E-state index in [1.807, 2.05) is 4.90 Å². The highest BCUT2D eigenvalue weighted by Gasteiger charge is 2.29. The molecule has 0 saturated carbocycles. The number of aromatic amines is 1. The SMILES string of the molecule is O=C(c1cn[nH]c1)N1CCCC1CCCCl. The molecule has 1 aliphatic rings. The number of nitrogens with one attached hydrogen (secondary N) is 1. The third kappa shape index (κ3) is 2.38. The van der Waals surface area contributed by atoms with E-state index in [9.17, 15) is 4.79 Å². The normalized spacial score (nSPS) is 20.3. The summed E-state index contributed by atoms with van der Waals surface area (Å²) in [7, 11) is 0. The van der Waals surface area contributed by atoms with Crippen molar-refractivity contribution >= 4 is 17.5 Å². The van der Waals surface area contributed by atoms with Gasteiger partial charge in [-0.05, 0) is 25.7 Å². The molecule has 2 heterocycles. The molecule has 1 aromatic heterocycles. The number of alkyl halides is 1. The average molecular weight is 242 g/mol. The molecule has 16 heavy (non-hydrogen) atoms. The van der Waals surface area contributed by atoms with Crippen LogP contribution in [0, 0.1) is 0 Å². The van der Waals surface area contributed by atoms with Gasteiger partial charge in [-0.2, -0.15) is 5.10 Å². The van der Waals surface area contributed by atoms with Crippen molar-refractivity contribution in [2.75, 3.05) is 12.4 Å². The first kappa shape index (κ1) is 11.5. The van der Waals surface area contributed by atoms with Crippen LogP contribution in [-0.2, 0) is 0 Å². The number of carbonyl (C=O) groups excluding carboxylic acids is 1. The first-order chi connectivity index (χ1) is 7.83. The zero-order valence-electron chi connectivity index (χ0n) is 9.16. The number of likely N-dealkylation sites (tertiary alicyclic amines) is 1. The molecule has 1 unspecified atom stereocenters. The summed E-state index contributed by atoms with van der Waals surface area (Å²) >= 11 is 5.69. The zero-order valence-corrected chi connectivity index (χ0v) is 9.91. The average Bonchev–Trinajstić information content (AvgIpc) is 2.96. The van der Waals surface area contributed by atoms with Gasteiger partial charge in [0, 0.05) is 24.7 Å². The predicted molar refractivity (Wildman–Crippen MR) is 62.6 cm³/mol. The first-order valence-corrected chi connectivity index (χ1v) is 6.22. The summed E-state index contributed by atoms with van der Waals surface area (Å²) in [4.78, 5) is 14.1. The van der Waals surface area contributed by atoms with Crippen molar-refractivity contribution in [3.05, 3.63) is 18.0 Å². The monoisotopic (exact) mass is 241 g/mol. The van der Waals surface area contributed by atoms with Gasteiger partial charge in [-0.25, -0.2) is 0 Å². The first-order valence-electron chi connectivity index (χ1n) is 5.68. The highest BCUT2D eigenvalue weighted by atomic mass is 35.5. The highest BCUT2D eigenvalue weighted by molar-refractivity contribution is 6.17. The summed E-state index contributed by atoms with van der Waals surface area (Å²) in [6.07, 6.45) is 7.41. The van der Waals surface area contributed by atoms with Gasteiger partial charge in [0.2, 0.25) is 0 Å². The summed E-state index contributed by atoms with van der Waals surface area (Å²) < 4.78 is 0. The molecular weight excluding hydrogens is 226 g/mol. The lowest BCUT2D eigenvalue weighted by Crippen LogP contribution is -2.35. The molecule has 1 atom stereocenters. The number of hydrogen-bond donors (Lipinski definition) is 1. The van der Waals surface area contributed by atoms with Gasteiger partial charge in [-0.3, -0.25) is 9.89 Å². The number of halogens is 1. The Morgan fingerprint density at radius 1 is 1.69 bits per heavy atom. The Balaban J connectivity index is 1.99. The Hall–Kier alpha value is -1.03. The van der Waals surface area contributed by atoms with E-state index >= 15 is 0 Å². The summed E-state index contributed by atoms with van der Waals surface area (Å²) in [5.41, 5.74) is 0.651. The van der Waals surface area contributed by atoms with Gasteiger partial charge in [0.1, 0.15) is 0 Å². The number of carbonyl (C=O) groups is 1. The molecule has 0 radical (unpaired) electrons. The number of nitrogens with zero attached hydrogens (tertiary/aromatic N) is 2. The lowest BCUT2D eigenvalue weighted by atomic mass is 10.1. The zero-order chi connectivity index (χ0) is 11.4. The highest BCUT2D eigenvalue weighted by Crippen LogP contribution is 2.23. The molecule has 1 N–H and O–H groups in total. The van der Waals surface area contributed by atoms with Crippen molar-refractivity contribution in [2.45, 2.75) is 31.7 Å². The minimum absolute atomic E-state index is 0.0887. The minimum atomic E-state index is 0.0887. The van der Waals surface area contributed by atoms with E-state index in [1.54, 1.807) is 12.4 Å². The van der Waals surface area contributed by atoms with Crippen LogP contribution in [0.3, 0.4) is 0 Å². The molecule has 88 valence electrons. The fourth-order valence-electron chi connectivity index (χ4n) is 2.25. The molecule has 2 rings (SSSR count). The number of rotatable bonds is 4. The van der Waals surface area contributed by atoms with Gasteiger partial charge < -0.3 is 4.90 Å². The van der Waals surface area contributed by atoms with Gasteiger partial charge in [0.15, 0.2) is 0 Å². The molecule has 5 heteroatoms. The van der Waals surface area contributed by atoms with Crippen molar-refractivity contribution in [1.29, 1.82) is 0 Å². The van der Waals surface area contributed by atoms with Crippen molar-refractivity contribution in [2.24, 2.45) is 0 Å². The van der Waals surface area contributed by atoms with E-state index in [0.717, 1.165) is 32.2 Å². The summed E-state index contributed by atoms with van der Waals surface area (Å²) in [5, 5.41) is 6.48. The number of amides is 1. The van der Waals surface area contributed by atoms with Gasteiger partial charge in [-0.15, -0.1) is 11.6 Å². The molecule has 1 aliphatic heterocycles. The van der Waals surface area contributed by atoms with E-state index < -0.39 is 0 Å². The number of H-pyrrole nitrogens is 1. The van der Waals surface area contributed by atoms with E-state index in [1.165, 1.54) is 0 Å². The Kier molecular flexibility index (Phi) is 3.83. The molecule has 1 amide bonds. The standard InChI is InChI=1S/C11H16ClN3O/c12-5-1-3-10-4-2-6-15(10)11(16)9-7-13-14-8-9/h7-8,10H,1-6H2,(H,13,14). The Bertz CT molecular complexity index is 339. The fourth-order valence-corrected chi connectivity index (χ4v) is 2.40. The topological polar surface area (TPSA) is 49.0 Å². The number of aromatic nitrogens is 2. The molecule has 1 fully saturated rings. The second kappa shape index (κ2) is 5.34. The fraction of sp³-hybridized carbons (Fsp3) is 0.636. The van der Waals surface area contributed by atoms with E-state index in [4.69, 9.17) is 11.6 Å². The Morgan fingerprint density at radius 3 is 3.25 bits per heavy atom. The van der Waals surface area contributed by atoms with Gasteiger partial charge in [0.25, 0.3) is 5.91 Å². The molecule has 0 bridgehead atoms. The van der Waals surface area contributed by atoms with Crippen LogP contribution in [-0.4, -0.2) is 39.5 Å². The summed E-state index contributed by atoms with van der Waals surface area (Å²) in [6, 6.07) is 0.362. The van der Waals surface area contributed by atoms with E-state index in [-0.39, 0.29) is 5.91 Å². The van der Waals surface area contributed by atoms with Gasteiger partial charge >= 0.3 is 0 Å². The Labute approximate surface area is 100.0 Å². The van der Waals surface area contributed by atoms with Crippen LogP contribution in [0.2, 0.25) is 0 Å². The van der Waals surface area contributed by atoms with Crippen LogP contribution in [0.15, 0.2) is 12.4 Å². The quantitative estimate of drug-likeness (QED) is 0.820. The van der Waals surface area contributed by atoms with Crippen molar-refractivity contribution in [3.63, 3.8) is 0 Å². The van der Waals surface area contributed by atoms with Crippen LogP contribution in [0.1, 0.15) is 36.0 Å². The van der Waals surface area contributed by atoms with Crippen LogP contribution in [0.25, 0.3) is 0 Å². The lowest BCUT2D eigenvalue weighted by Gasteiger charge is -2.23. The van der Waals surface area contributed by atoms with Crippen LogP contribution >= 0.6 is 11.6 Å².